The van der Waals surface area contributed by atoms with E-state index in [-0.39, 0.29) is 0 Å². The minimum Gasteiger partial charge on any atom is -0.371 e. The number of nitrogens with zero attached hydrogens (tertiary/aromatic N) is 4. The van der Waals surface area contributed by atoms with Gasteiger partial charge in [0.15, 0.2) is 5.82 Å². The van der Waals surface area contributed by atoms with Crippen LogP contribution in [0, 0.1) is 0 Å². The molecule has 1 aliphatic heterocycles. The lowest BCUT2D eigenvalue weighted by Gasteiger charge is -2.22. The summed E-state index contributed by atoms with van der Waals surface area (Å²) in [7, 11) is 2.09. The van der Waals surface area contributed by atoms with Gasteiger partial charge in [-0.2, -0.15) is 5.10 Å². The highest BCUT2D eigenvalue weighted by Gasteiger charge is 2.14. The summed E-state index contributed by atoms with van der Waals surface area (Å²) < 4.78 is 2.19. The minimum absolute atomic E-state index is 0.815. The van der Waals surface area contributed by atoms with Crippen molar-refractivity contribution < 1.29 is 0 Å². The van der Waals surface area contributed by atoms with E-state index in [9.17, 15) is 0 Å². The molecule has 0 bridgehead atoms. The summed E-state index contributed by atoms with van der Waals surface area (Å²) in [5.74, 6) is 0.815. The maximum atomic E-state index is 4.27. The van der Waals surface area contributed by atoms with E-state index >= 15 is 0 Å². The Morgan fingerprint density at radius 1 is 1.05 bits per heavy atom. The van der Waals surface area contributed by atoms with Gasteiger partial charge in [-0.3, -0.25) is 5.10 Å². The Bertz CT molecular complexity index is 764. The molecule has 1 saturated heterocycles. The average Bonchev–Trinajstić information content (AvgIpc) is 3.08. The van der Waals surface area contributed by atoms with Crippen molar-refractivity contribution in [2.75, 3.05) is 18.0 Å². The first-order chi connectivity index (χ1) is 10.8. The van der Waals surface area contributed by atoms with Crippen molar-refractivity contribution in [3.05, 3.63) is 30.6 Å². The molecule has 0 radical (unpaired) electrons. The topological polar surface area (TPSA) is 49.7 Å². The second-order valence-electron chi connectivity index (χ2n) is 6.07. The zero-order valence-electron chi connectivity index (χ0n) is 12.9. The summed E-state index contributed by atoms with van der Waals surface area (Å²) in [6.45, 7) is 2.34. The maximum Gasteiger partial charge on any atom is 0.172 e. The summed E-state index contributed by atoms with van der Waals surface area (Å²) >= 11 is 0. The third-order valence-corrected chi connectivity index (χ3v) is 4.66. The SMILES string of the molecule is Cn1c(-c2ncn[nH]2)cc2ccc(N3CCCCCC3)cc21. The quantitative estimate of drug-likeness (QED) is 0.789. The van der Waals surface area contributed by atoms with Crippen LogP contribution in [-0.2, 0) is 7.05 Å². The average molecular weight is 295 g/mol. The normalized spacial score (nSPS) is 16.1. The molecule has 1 fully saturated rings. The van der Waals surface area contributed by atoms with Crippen molar-refractivity contribution in [2.45, 2.75) is 25.7 Å². The number of nitrogens with one attached hydrogen (secondary N) is 1. The van der Waals surface area contributed by atoms with E-state index < -0.39 is 0 Å². The first-order valence-corrected chi connectivity index (χ1v) is 8.03. The molecular formula is C17H21N5. The van der Waals surface area contributed by atoms with Crippen LogP contribution < -0.4 is 4.90 Å². The van der Waals surface area contributed by atoms with Gasteiger partial charge in [0.25, 0.3) is 0 Å². The number of H-pyrrole nitrogens is 1. The molecule has 0 atom stereocenters. The van der Waals surface area contributed by atoms with Gasteiger partial charge < -0.3 is 9.47 Å². The maximum absolute atomic E-state index is 4.27. The van der Waals surface area contributed by atoms with Gasteiger partial charge in [-0.05, 0) is 31.0 Å². The van der Waals surface area contributed by atoms with E-state index in [1.54, 1.807) is 6.33 Å². The molecule has 3 aromatic rings. The molecule has 4 rings (SSSR count). The molecule has 1 aromatic carbocycles. The van der Waals surface area contributed by atoms with Crippen molar-refractivity contribution in [3.63, 3.8) is 0 Å². The van der Waals surface area contributed by atoms with Gasteiger partial charge in [-0.25, -0.2) is 4.98 Å². The first-order valence-electron chi connectivity index (χ1n) is 8.03. The Balaban J connectivity index is 1.75. The van der Waals surface area contributed by atoms with E-state index in [2.05, 4.69) is 56.0 Å². The van der Waals surface area contributed by atoms with Crippen LogP contribution in [0.5, 0.6) is 0 Å². The van der Waals surface area contributed by atoms with Crippen molar-refractivity contribution in [1.29, 1.82) is 0 Å². The monoisotopic (exact) mass is 295 g/mol. The smallest absolute Gasteiger partial charge is 0.172 e. The van der Waals surface area contributed by atoms with E-state index in [0.29, 0.717) is 0 Å². The zero-order chi connectivity index (χ0) is 14.9. The highest BCUT2D eigenvalue weighted by atomic mass is 15.2. The summed E-state index contributed by atoms with van der Waals surface area (Å²) in [6, 6.07) is 8.94. The molecule has 5 nitrogen and oxygen atoms in total. The Hall–Kier alpha value is -2.30. The number of hydrogen-bond donors (Lipinski definition) is 1. The molecule has 2 aromatic heterocycles. The number of fused-ring (bicyclic) bond motifs is 1. The van der Waals surface area contributed by atoms with Gasteiger partial charge in [0.1, 0.15) is 6.33 Å². The lowest BCUT2D eigenvalue weighted by molar-refractivity contribution is 0.726. The summed E-state index contributed by atoms with van der Waals surface area (Å²) in [5, 5.41) is 8.15. The fraction of sp³-hybridized carbons (Fsp3) is 0.412. The summed E-state index contributed by atoms with van der Waals surface area (Å²) in [4.78, 5) is 6.79. The first kappa shape index (κ1) is 13.4. The van der Waals surface area contributed by atoms with Gasteiger partial charge in [0, 0.05) is 31.2 Å². The predicted molar refractivity (Wildman–Crippen MR) is 89.0 cm³/mol. The number of benzene rings is 1. The van der Waals surface area contributed by atoms with Crippen LogP contribution in [0.3, 0.4) is 0 Å². The third kappa shape index (κ3) is 2.26. The molecule has 3 heterocycles. The van der Waals surface area contributed by atoms with Gasteiger partial charge in [0.2, 0.25) is 0 Å². The van der Waals surface area contributed by atoms with Crippen molar-refractivity contribution >= 4 is 16.6 Å². The molecule has 0 amide bonds. The number of aryl methyl sites for hydroxylation is 1. The van der Waals surface area contributed by atoms with E-state index in [1.165, 1.54) is 55.4 Å². The van der Waals surface area contributed by atoms with Gasteiger partial charge in [-0.15, -0.1) is 0 Å². The van der Waals surface area contributed by atoms with Gasteiger partial charge >= 0.3 is 0 Å². The number of hydrogen-bond acceptors (Lipinski definition) is 3. The molecule has 5 heteroatoms. The van der Waals surface area contributed by atoms with E-state index in [0.717, 1.165) is 11.5 Å². The summed E-state index contributed by atoms with van der Waals surface area (Å²) in [6.07, 6.45) is 6.87. The zero-order valence-corrected chi connectivity index (χ0v) is 12.9. The van der Waals surface area contributed by atoms with Crippen molar-refractivity contribution in [3.8, 4) is 11.5 Å². The molecule has 0 unspecified atom stereocenters. The second-order valence-corrected chi connectivity index (χ2v) is 6.07. The van der Waals surface area contributed by atoms with E-state index in [1.807, 2.05) is 0 Å². The lowest BCUT2D eigenvalue weighted by Crippen LogP contribution is -2.23. The Kier molecular flexibility index (Phi) is 3.33. The predicted octanol–water partition coefficient (Wildman–Crippen LogP) is 3.34. The fourth-order valence-corrected chi connectivity index (χ4v) is 3.40. The molecule has 0 aliphatic carbocycles. The second kappa shape index (κ2) is 5.48. The third-order valence-electron chi connectivity index (χ3n) is 4.66. The van der Waals surface area contributed by atoms with Crippen molar-refractivity contribution in [1.82, 2.24) is 19.7 Å². The fourth-order valence-electron chi connectivity index (χ4n) is 3.40. The molecule has 1 aliphatic rings. The minimum atomic E-state index is 0.815. The number of aromatic nitrogens is 4. The Morgan fingerprint density at radius 3 is 2.59 bits per heavy atom. The Labute approximate surface area is 130 Å². The highest BCUT2D eigenvalue weighted by Crippen LogP contribution is 2.29. The number of aromatic amines is 1. The largest absolute Gasteiger partial charge is 0.371 e. The molecule has 1 N–H and O–H groups in total. The molecule has 0 spiro atoms. The Morgan fingerprint density at radius 2 is 1.86 bits per heavy atom. The van der Waals surface area contributed by atoms with Crippen LogP contribution >= 0.6 is 0 Å². The lowest BCUT2D eigenvalue weighted by atomic mass is 10.2. The summed E-state index contributed by atoms with van der Waals surface area (Å²) in [5.41, 5.74) is 3.65. The highest BCUT2D eigenvalue weighted by molar-refractivity contribution is 5.88. The molecule has 114 valence electrons. The van der Waals surface area contributed by atoms with Crippen molar-refractivity contribution in [2.24, 2.45) is 7.05 Å². The van der Waals surface area contributed by atoms with E-state index in [4.69, 9.17) is 0 Å². The van der Waals surface area contributed by atoms with Crippen LogP contribution in [0.15, 0.2) is 30.6 Å². The number of anilines is 1. The molecule has 0 saturated carbocycles. The van der Waals surface area contributed by atoms with Crippen LogP contribution in [0.25, 0.3) is 22.4 Å². The van der Waals surface area contributed by atoms with Crippen LogP contribution in [0.1, 0.15) is 25.7 Å². The number of rotatable bonds is 2. The standard InChI is InChI=1S/C17H21N5/c1-21-15-11-14(22-8-4-2-3-5-9-22)7-6-13(15)10-16(21)17-18-12-19-20-17/h6-7,10-12H,2-5,8-9H2,1H3,(H,18,19,20). The van der Waals surface area contributed by atoms with Crippen LogP contribution in [0.4, 0.5) is 5.69 Å². The molecular weight excluding hydrogens is 274 g/mol. The molecule has 22 heavy (non-hydrogen) atoms. The van der Waals surface area contributed by atoms with Crippen LogP contribution in [-0.4, -0.2) is 32.8 Å². The van der Waals surface area contributed by atoms with Gasteiger partial charge in [0.05, 0.1) is 11.2 Å². The van der Waals surface area contributed by atoms with Gasteiger partial charge in [-0.1, -0.05) is 18.9 Å². The van der Waals surface area contributed by atoms with Crippen LogP contribution in [0.2, 0.25) is 0 Å².